The predicted octanol–water partition coefficient (Wildman–Crippen LogP) is 5.31. The first-order valence-electron chi connectivity index (χ1n) is 17.5. The van der Waals surface area contributed by atoms with Gasteiger partial charge in [0.25, 0.3) is 11.8 Å². The number of carbonyl (C=O) groups excluding carboxylic acids is 4. The number of esters is 1. The number of ketones is 1. The molecule has 1 aliphatic rings. The first kappa shape index (κ1) is 42.0. The molecule has 0 radical (unpaired) electrons. The zero-order chi connectivity index (χ0) is 41.2. The van der Waals surface area contributed by atoms with Crippen LogP contribution in [0.2, 0.25) is 5.02 Å². The van der Waals surface area contributed by atoms with Gasteiger partial charge < -0.3 is 40.2 Å². The Morgan fingerprint density at radius 1 is 0.877 bits per heavy atom. The fraction of sp³-hybridized carbons (Fsp3) is 0.342. The van der Waals surface area contributed by atoms with E-state index in [1.807, 2.05) is 12.1 Å². The molecule has 0 bridgehead atoms. The maximum absolute atomic E-state index is 13.1. The van der Waals surface area contributed by atoms with E-state index in [9.17, 15) is 32.3 Å². The van der Waals surface area contributed by atoms with Crippen molar-refractivity contribution in [2.75, 3.05) is 45.1 Å². The number of alkyl halides is 3. The van der Waals surface area contributed by atoms with E-state index in [1.54, 1.807) is 30.3 Å². The van der Waals surface area contributed by atoms with Gasteiger partial charge in [-0.3, -0.25) is 14.4 Å². The number of Topliss-reactive ketones (excluding diaryl/α,β-unsaturated/α-hetero) is 1. The van der Waals surface area contributed by atoms with Gasteiger partial charge in [-0.25, -0.2) is 4.79 Å². The molecule has 1 aliphatic carbocycles. The minimum Gasteiger partial charge on any atom is -0.493 e. The average Bonchev–Trinajstić information content (AvgIpc) is 3.98. The van der Waals surface area contributed by atoms with Crippen molar-refractivity contribution in [3.05, 3.63) is 88.4 Å². The lowest BCUT2D eigenvalue weighted by Gasteiger charge is -2.19. The summed E-state index contributed by atoms with van der Waals surface area (Å²) in [6, 6.07) is 16.4. The van der Waals surface area contributed by atoms with Crippen molar-refractivity contribution in [2.24, 2.45) is 0 Å². The largest absolute Gasteiger partial charge is 0.493 e. The number of rotatable bonds is 19. The number of carbonyl (C=O) groups is 4. The number of nitrogens with one attached hydrogen (secondary N) is 4. The molecule has 302 valence electrons. The third-order valence-electron chi connectivity index (χ3n) is 8.73. The lowest BCUT2D eigenvalue weighted by atomic mass is 10.1. The number of methoxy groups -OCH3 is 3. The van der Waals surface area contributed by atoms with Crippen LogP contribution in [0.15, 0.2) is 66.7 Å². The summed E-state index contributed by atoms with van der Waals surface area (Å²) in [7, 11) is 4.13. The maximum atomic E-state index is 13.1. The summed E-state index contributed by atoms with van der Waals surface area (Å²) in [6.07, 6.45) is -3.11. The van der Waals surface area contributed by atoms with Crippen molar-refractivity contribution >= 4 is 52.8 Å². The van der Waals surface area contributed by atoms with Gasteiger partial charge in [-0.1, -0.05) is 29.8 Å². The summed E-state index contributed by atoms with van der Waals surface area (Å²) in [5, 5.41) is 11.6. The number of amides is 2. The smallest absolute Gasteiger partial charge is 0.422 e. The first-order chi connectivity index (χ1) is 27.2. The Kier molecular flexibility index (Phi) is 13.7. The Labute approximate surface area is 330 Å². The molecule has 4 N–H and O–H groups in total. The van der Waals surface area contributed by atoms with E-state index in [1.165, 1.54) is 38.5 Å². The van der Waals surface area contributed by atoms with Crippen molar-refractivity contribution in [3.8, 4) is 17.5 Å². The zero-order valence-electron chi connectivity index (χ0n) is 31.0. The molecule has 0 saturated heterocycles. The van der Waals surface area contributed by atoms with Gasteiger partial charge in [0.05, 0.1) is 26.9 Å². The number of aryl methyl sites for hydroxylation is 1. The minimum atomic E-state index is -4.64. The molecule has 0 aliphatic heterocycles. The van der Waals surface area contributed by atoms with E-state index in [0.29, 0.717) is 35.1 Å². The highest BCUT2D eigenvalue weighted by Crippen LogP contribution is 2.48. The van der Waals surface area contributed by atoms with Crippen LogP contribution in [0.1, 0.15) is 47.2 Å². The molecule has 1 fully saturated rings. The second-order valence-corrected chi connectivity index (χ2v) is 13.2. The molecule has 1 atom stereocenters. The van der Waals surface area contributed by atoms with Gasteiger partial charge in [0.15, 0.2) is 18.1 Å². The van der Waals surface area contributed by atoms with Crippen LogP contribution in [0.4, 0.5) is 30.8 Å². The molecule has 57 heavy (non-hydrogen) atoms. The molecule has 2 amide bonds. The highest BCUT2D eigenvalue weighted by Gasteiger charge is 2.45. The van der Waals surface area contributed by atoms with E-state index in [4.69, 9.17) is 30.5 Å². The second-order valence-electron chi connectivity index (χ2n) is 12.8. The summed E-state index contributed by atoms with van der Waals surface area (Å²) < 4.78 is 59.0. The minimum absolute atomic E-state index is 0.0304. The summed E-state index contributed by atoms with van der Waals surface area (Å²) >= 11 is 6.03. The quantitative estimate of drug-likeness (QED) is 0.0705. The van der Waals surface area contributed by atoms with Crippen LogP contribution in [-0.4, -0.2) is 85.2 Å². The van der Waals surface area contributed by atoms with Crippen LogP contribution in [0.5, 0.6) is 17.5 Å². The van der Waals surface area contributed by atoms with Crippen molar-refractivity contribution in [1.29, 1.82) is 0 Å². The van der Waals surface area contributed by atoms with E-state index in [2.05, 4.69) is 36.2 Å². The van der Waals surface area contributed by atoms with E-state index < -0.39 is 53.9 Å². The molecular formula is C38H39ClF3N7O8. The molecule has 1 saturated carbocycles. The topological polar surface area (TPSA) is 192 Å². The standard InChI is InChI=1S/C38H39ClF3N7O8/c1-54-29-15-5-22(20-30(29)55-2)4-14-28(50)32(52)43-19-16-27(33(53)56-3)45-31(51)23-6-12-26(13-7-23)44-34-46-35(48-36(47-34)57-21-38(40,41)42)49-37(17-18-37)24-8-10-25(39)11-9-24/h5-13,15,20,27H,4,14,16-19,21H2,1-3H3,(H,43,52)(H,45,51)(H2,44,46,47,48,49)/t27-/m0/s1. The lowest BCUT2D eigenvalue weighted by molar-refractivity contribution is -0.154. The van der Waals surface area contributed by atoms with E-state index >= 15 is 0 Å². The fourth-order valence-corrected chi connectivity index (χ4v) is 5.70. The molecule has 3 aromatic carbocycles. The van der Waals surface area contributed by atoms with Crippen LogP contribution in [0, 0.1) is 0 Å². The van der Waals surface area contributed by atoms with Gasteiger partial charge in [-0.15, -0.1) is 0 Å². The molecule has 15 nitrogen and oxygen atoms in total. The molecule has 1 heterocycles. The van der Waals surface area contributed by atoms with Crippen molar-refractivity contribution in [3.63, 3.8) is 0 Å². The van der Waals surface area contributed by atoms with Crippen LogP contribution in [-0.2, 0) is 31.1 Å². The Bertz CT molecular complexity index is 2070. The van der Waals surface area contributed by atoms with Gasteiger partial charge in [0, 0.05) is 29.2 Å². The summed E-state index contributed by atoms with van der Waals surface area (Å²) in [6.45, 7) is -1.75. The van der Waals surface area contributed by atoms with Crippen LogP contribution in [0.25, 0.3) is 0 Å². The number of ether oxygens (including phenoxy) is 4. The maximum Gasteiger partial charge on any atom is 0.422 e. The van der Waals surface area contributed by atoms with Crippen molar-refractivity contribution < 1.29 is 51.3 Å². The third-order valence-corrected chi connectivity index (χ3v) is 8.98. The third kappa shape index (κ3) is 11.9. The van der Waals surface area contributed by atoms with Gasteiger partial charge in [0.2, 0.25) is 17.7 Å². The Morgan fingerprint density at radius 3 is 2.19 bits per heavy atom. The van der Waals surface area contributed by atoms with Gasteiger partial charge in [0.1, 0.15) is 6.04 Å². The monoisotopic (exact) mass is 813 g/mol. The molecule has 0 spiro atoms. The number of halogens is 4. The average molecular weight is 814 g/mol. The number of anilines is 3. The number of aromatic nitrogens is 3. The molecular weight excluding hydrogens is 775 g/mol. The molecule has 5 rings (SSSR count). The zero-order valence-corrected chi connectivity index (χ0v) is 31.8. The van der Waals surface area contributed by atoms with Crippen molar-refractivity contribution in [1.82, 2.24) is 25.6 Å². The highest BCUT2D eigenvalue weighted by molar-refractivity contribution is 6.36. The van der Waals surface area contributed by atoms with Crippen LogP contribution in [0.3, 0.4) is 0 Å². The SMILES string of the molecule is COC(=O)[C@H](CCNC(=O)C(=O)CCc1ccc(OC)c(OC)c1)NC(=O)c1ccc(Nc2nc(NC3(c4ccc(Cl)cc4)CC3)nc(OCC(F)(F)F)n2)cc1. The number of hydrogen-bond donors (Lipinski definition) is 4. The predicted molar refractivity (Wildman–Crippen MR) is 201 cm³/mol. The number of nitrogens with zero attached hydrogens (tertiary/aromatic N) is 3. The highest BCUT2D eigenvalue weighted by atomic mass is 35.5. The number of hydrogen-bond acceptors (Lipinski definition) is 13. The van der Waals surface area contributed by atoms with E-state index in [-0.39, 0.29) is 43.3 Å². The summed E-state index contributed by atoms with van der Waals surface area (Å²) in [5.74, 6) is -2.09. The van der Waals surface area contributed by atoms with Gasteiger partial charge in [-0.05, 0) is 85.3 Å². The normalized spacial score (nSPS) is 13.4. The summed E-state index contributed by atoms with van der Waals surface area (Å²) in [4.78, 5) is 62.9. The lowest BCUT2D eigenvalue weighted by Crippen LogP contribution is -2.44. The fourth-order valence-electron chi connectivity index (χ4n) is 5.58. The Balaban J connectivity index is 1.17. The summed E-state index contributed by atoms with van der Waals surface area (Å²) in [5.41, 5.74) is 1.58. The van der Waals surface area contributed by atoms with Gasteiger partial charge in [-0.2, -0.15) is 28.1 Å². The Hall–Kier alpha value is -6.17. The van der Waals surface area contributed by atoms with Crippen LogP contribution >= 0.6 is 11.6 Å². The van der Waals surface area contributed by atoms with Crippen molar-refractivity contribution in [2.45, 2.75) is 49.9 Å². The molecule has 1 aromatic heterocycles. The second kappa shape index (κ2) is 18.6. The van der Waals surface area contributed by atoms with Crippen LogP contribution < -0.4 is 35.5 Å². The molecule has 0 unspecified atom stereocenters. The Morgan fingerprint density at radius 2 is 1.56 bits per heavy atom. The number of benzene rings is 3. The molecule has 4 aromatic rings. The molecule has 19 heteroatoms. The van der Waals surface area contributed by atoms with Gasteiger partial charge >= 0.3 is 18.2 Å². The first-order valence-corrected chi connectivity index (χ1v) is 17.9. The van der Waals surface area contributed by atoms with E-state index in [0.717, 1.165) is 18.2 Å².